The molecule has 0 saturated carbocycles. The van der Waals surface area contributed by atoms with Crippen LogP contribution >= 0.6 is 0 Å². The summed E-state index contributed by atoms with van der Waals surface area (Å²) in [5.74, 6) is -0.872. The summed E-state index contributed by atoms with van der Waals surface area (Å²) in [5, 5.41) is 23.8. The van der Waals surface area contributed by atoms with Gasteiger partial charge in [-0.25, -0.2) is 5.10 Å². The summed E-state index contributed by atoms with van der Waals surface area (Å²) in [5.41, 5.74) is 4.12. The highest BCUT2D eigenvalue weighted by atomic mass is 16.4. The molecule has 0 bridgehead atoms. The number of hydrogen-bond donors (Lipinski definition) is 2. The summed E-state index contributed by atoms with van der Waals surface area (Å²) in [6.45, 7) is 3.48. The maximum atomic E-state index is 11.7. The Hall–Kier alpha value is -3.65. The number of allylic oxidation sites excluding steroid dienone is 1. The number of carboxylic acids is 1. The van der Waals surface area contributed by atoms with E-state index < -0.39 is 18.1 Å². The molecular formula is C23H24N6O2. The number of carboxylic acid groups (broad SMARTS) is 1. The molecule has 2 unspecified atom stereocenters. The second kappa shape index (κ2) is 9.44. The van der Waals surface area contributed by atoms with Crippen molar-refractivity contribution in [1.29, 1.82) is 0 Å². The van der Waals surface area contributed by atoms with Crippen LogP contribution in [0.25, 0.3) is 22.5 Å². The second-order valence-corrected chi connectivity index (χ2v) is 7.42. The molecule has 8 heteroatoms. The molecule has 0 amide bonds. The number of tetrazole rings is 1. The molecule has 0 fully saturated rings. The van der Waals surface area contributed by atoms with Gasteiger partial charge < -0.3 is 5.11 Å². The summed E-state index contributed by atoms with van der Waals surface area (Å²) in [6, 6.07) is 16.3. The lowest BCUT2D eigenvalue weighted by molar-refractivity contribution is -0.142. The third-order valence-electron chi connectivity index (χ3n) is 5.31. The molecule has 0 aliphatic carbocycles. The zero-order valence-electron chi connectivity index (χ0n) is 17.2. The van der Waals surface area contributed by atoms with Gasteiger partial charge in [-0.05, 0) is 39.6 Å². The Labute approximate surface area is 180 Å². The maximum Gasteiger partial charge on any atom is 0.313 e. The lowest BCUT2D eigenvalue weighted by atomic mass is 9.98. The van der Waals surface area contributed by atoms with Crippen LogP contribution in [-0.4, -0.2) is 55.5 Å². The Kier molecular flexibility index (Phi) is 6.28. The number of aliphatic carboxylic acids is 1. The van der Waals surface area contributed by atoms with Gasteiger partial charge >= 0.3 is 5.97 Å². The number of dihydropyridines is 1. The summed E-state index contributed by atoms with van der Waals surface area (Å²) in [7, 11) is 0. The van der Waals surface area contributed by atoms with Gasteiger partial charge in [-0.3, -0.25) is 14.7 Å². The lowest BCUT2D eigenvalue weighted by Crippen LogP contribution is -2.42. The van der Waals surface area contributed by atoms with E-state index in [1.165, 1.54) is 0 Å². The first-order valence-corrected chi connectivity index (χ1v) is 10.3. The van der Waals surface area contributed by atoms with Gasteiger partial charge in [0.2, 0.25) is 0 Å². The number of carbonyl (C=O) groups is 1. The highest BCUT2D eigenvalue weighted by molar-refractivity contribution is 5.81. The van der Waals surface area contributed by atoms with Gasteiger partial charge in [0.15, 0.2) is 5.82 Å². The van der Waals surface area contributed by atoms with Crippen LogP contribution in [0.5, 0.6) is 0 Å². The zero-order chi connectivity index (χ0) is 21.6. The molecule has 0 radical (unpaired) electrons. The Morgan fingerprint density at radius 3 is 2.58 bits per heavy atom. The quantitative estimate of drug-likeness (QED) is 0.583. The van der Waals surface area contributed by atoms with E-state index in [0.29, 0.717) is 12.4 Å². The molecule has 8 nitrogen and oxygen atoms in total. The molecule has 1 aliphatic heterocycles. The molecule has 0 saturated heterocycles. The van der Waals surface area contributed by atoms with Crippen LogP contribution in [0.3, 0.4) is 0 Å². The van der Waals surface area contributed by atoms with Crippen LogP contribution in [-0.2, 0) is 11.3 Å². The fourth-order valence-corrected chi connectivity index (χ4v) is 3.86. The predicted molar refractivity (Wildman–Crippen MR) is 118 cm³/mol. The van der Waals surface area contributed by atoms with Crippen LogP contribution in [0, 0.1) is 5.92 Å². The van der Waals surface area contributed by atoms with Crippen molar-refractivity contribution in [2.75, 3.05) is 6.54 Å². The number of aromatic amines is 1. The summed E-state index contributed by atoms with van der Waals surface area (Å²) in [4.78, 5) is 18.3. The first-order chi connectivity index (χ1) is 15.2. The van der Waals surface area contributed by atoms with Gasteiger partial charge in [-0.15, -0.1) is 5.10 Å². The number of hydrogen-bond acceptors (Lipinski definition) is 6. The molecule has 1 aliphatic rings. The Balaban J connectivity index is 1.56. The van der Waals surface area contributed by atoms with Crippen LogP contribution in [0.2, 0.25) is 0 Å². The number of aliphatic imine (C=N–C) groups is 1. The molecule has 2 heterocycles. The van der Waals surface area contributed by atoms with Crippen molar-refractivity contribution >= 4 is 12.2 Å². The highest BCUT2D eigenvalue weighted by Gasteiger charge is 2.31. The van der Waals surface area contributed by atoms with Crippen molar-refractivity contribution in [3.63, 3.8) is 0 Å². The average Bonchev–Trinajstić information content (AvgIpc) is 3.34. The van der Waals surface area contributed by atoms with E-state index in [1.807, 2.05) is 24.3 Å². The van der Waals surface area contributed by atoms with Crippen LogP contribution in [0.1, 0.15) is 18.9 Å². The van der Waals surface area contributed by atoms with Crippen molar-refractivity contribution in [2.24, 2.45) is 10.9 Å². The second-order valence-electron chi connectivity index (χ2n) is 7.42. The van der Waals surface area contributed by atoms with E-state index in [-0.39, 0.29) is 0 Å². The molecule has 2 atom stereocenters. The SMILES string of the molecule is CCCN(Cc1ccc(-c2ccccc2-c2nnn[nH]2)cc1)C1N=CC=CC1C(=O)O. The standard InChI is InChI=1S/C23H24N6O2/c1-2-14-29(22-20(23(30)31)8-5-13-24-22)15-16-9-11-17(12-10-16)18-6-3-4-7-19(18)21-25-27-28-26-21/h3-13,20,22H,2,14-15H2,1H3,(H,30,31)(H,25,26,27,28). The smallest absolute Gasteiger partial charge is 0.313 e. The van der Waals surface area contributed by atoms with Crippen molar-refractivity contribution in [2.45, 2.75) is 26.1 Å². The number of rotatable bonds is 8. The van der Waals surface area contributed by atoms with Crippen LogP contribution in [0.15, 0.2) is 65.7 Å². The first-order valence-electron chi connectivity index (χ1n) is 10.3. The van der Waals surface area contributed by atoms with Gasteiger partial charge in [0.25, 0.3) is 0 Å². The van der Waals surface area contributed by atoms with E-state index in [4.69, 9.17) is 0 Å². The number of nitrogens with one attached hydrogen (secondary N) is 1. The molecule has 158 valence electrons. The lowest BCUT2D eigenvalue weighted by Gasteiger charge is -2.32. The minimum Gasteiger partial charge on any atom is -0.481 e. The third-order valence-corrected chi connectivity index (χ3v) is 5.31. The summed E-state index contributed by atoms with van der Waals surface area (Å²) >= 11 is 0. The van der Waals surface area contributed by atoms with Crippen molar-refractivity contribution < 1.29 is 9.90 Å². The fraction of sp³-hybridized carbons (Fsp3) is 0.261. The molecule has 31 heavy (non-hydrogen) atoms. The van der Waals surface area contributed by atoms with Gasteiger partial charge in [0.05, 0.1) is 0 Å². The Bertz CT molecular complexity index is 1080. The molecule has 3 aromatic rings. The van der Waals surface area contributed by atoms with Gasteiger partial charge in [0.1, 0.15) is 12.1 Å². The number of nitrogens with zero attached hydrogens (tertiary/aromatic N) is 5. The molecular weight excluding hydrogens is 392 g/mol. The highest BCUT2D eigenvalue weighted by Crippen LogP contribution is 2.30. The summed E-state index contributed by atoms with van der Waals surface area (Å²) in [6.07, 6.45) is 5.61. The van der Waals surface area contributed by atoms with E-state index in [2.05, 4.69) is 61.7 Å². The molecule has 1 aromatic heterocycles. The summed E-state index contributed by atoms with van der Waals surface area (Å²) < 4.78 is 0. The number of H-pyrrole nitrogens is 1. The van der Waals surface area contributed by atoms with Crippen LogP contribution < -0.4 is 0 Å². The molecule has 2 N–H and O–H groups in total. The number of aromatic nitrogens is 4. The van der Waals surface area contributed by atoms with E-state index >= 15 is 0 Å². The number of benzene rings is 2. The van der Waals surface area contributed by atoms with Gasteiger partial charge in [0, 0.05) is 24.9 Å². The first kappa shape index (κ1) is 20.6. The fourth-order valence-electron chi connectivity index (χ4n) is 3.86. The zero-order valence-corrected chi connectivity index (χ0v) is 17.2. The molecule has 0 spiro atoms. The molecule has 4 rings (SSSR count). The van der Waals surface area contributed by atoms with E-state index in [1.54, 1.807) is 18.4 Å². The van der Waals surface area contributed by atoms with Crippen molar-refractivity contribution in [3.8, 4) is 22.5 Å². The topological polar surface area (TPSA) is 107 Å². The van der Waals surface area contributed by atoms with Crippen molar-refractivity contribution in [3.05, 3.63) is 66.2 Å². The van der Waals surface area contributed by atoms with Crippen molar-refractivity contribution in [1.82, 2.24) is 25.5 Å². The minimum atomic E-state index is -0.854. The van der Waals surface area contributed by atoms with Crippen LogP contribution in [0.4, 0.5) is 0 Å². The predicted octanol–water partition coefficient (Wildman–Crippen LogP) is 3.41. The Morgan fingerprint density at radius 2 is 1.90 bits per heavy atom. The average molecular weight is 416 g/mol. The van der Waals surface area contributed by atoms with Gasteiger partial charge in [-0.2, -0.15) is 0 Å². The van der Waals surface area contributed by atoms with E-state index in [9.17, 15) is 9.90 Å². The molecule has 2 aromatic carbocycles. The van der Waals surface area contributed by atoms with Gasteiger partial charge in [-0.1, -0.05) is 61.5 Å². The Morgan fingerprint density at radius 1 is 1.13 bits per heavy atom. The largest absolute Gasteiger partial charge is 0.481 e. The maximum absolute atomic E-state index is 11.7. The monoisotopic (exact) mass is 416 g/mol. The minimum absolute atomic E-state index is 0.401. The van der Waals surface area contributed by atoms with E-state index in [0.717, 1.165) is 35.2 Å². The third kappa shape index (κ3) is 4.59. The normalized spacial score (nSPS) is 17.9.